The van der Waals surface area contributed by atoms with E-state index in [0.717, 1.165) is 29.4 Å². The van der Waals surface area contributed by atoms with Gasteiger partial charge in [-0.15, -0.1) is 0 Å². The second-order valence-corrected chi connectivity index (χ2v) is 6.44. The number of hydrogen-bond acceptors (Lipinski definition) is 4. The van der Waals surface area contributed by atoms with Crippen molar-refractivity contribution in [1.29, 1.82) is 0 Å². The van der Waals surface area contributed by atoms with E-state index in [0.29, 0.717) is 23.6 Å². The van der Waals surface area contributed by atoms with Gasteiger partial charge in [0.15, 0.2) is 5.76 Å². The molecule has 0 spiro atoms. The Morgan fingerprint density at radius 1 is 1.22 bits per heavy atom. The highest BCUT2D eigenvalue weighted by Crippen LogP contribution is 2.25. The molecule has 1 N–H and O–H groups in total. The number of benzene rings is 1. The van der Waals surface area contributed by atoms with Crippen molar-refractivity contribution < 1.29 is 9.21 Å². The van der Waals surface area contributed by atoms with E-state index in [4.69, 9.17) is 4.42 Å². The minimum atomic E-state index is -0.113. The Kier molecular flexibility index (Phi) is 4.70. The molecular formula is C21H20N4O2. The molecule has 3 aromatic heterocycles. The summed E-state index contributed by atoms with van der Waals surface area (Å²) in [6.07, 6.45) is 6.23. The van der Waals surface area contributed by atoms with Crippen LogP contribution < -0.4 is 5.32 Å². The second-order valence-electron chi connectivity index (χ2n) is 6.44. The molecular weight excluding hydrogens is 340 g/mol. The molecule has 1 aromatic carbocycles. The third-order valence-electron chi connectivity index (χ3n) is 4.35. The van der Waals surface area contributed by atoms with Crippen LogP contribution in [-0.4, -0.2) is 27.2 Å². The van der Waals surface area contributed by atoms with Crippen LogP contribution in [0.4, 0.5) is 0 Å². The first kappa shape index (κ1) is 17.0. The fourth-order valence-corrected chi connectivity index (χ4v) is 3.04. The highest BCUT2D eigenvalue weighted by Gasteiger charge is 2.14. The maximum Gasteiger partial charge on any atom is 0.252 e. The zero-order valence-corrected chi connectivity index (χ0v) is 15.1. The van der Waals surface area contributed by atoms with E-state index in [9.17, 15) is 4.79 Å². The number of rotatable bonds is 6. The molecule has 0 aliphatic carbocycles. The van der Waals surface area contributed by atoms with Crippen LogP contribution in [0.5, 0.6) is 0 Å². The molecule has 3 heterocycles. The number of carbonyl (C=O) groups is 1. The molecule has 0 saturated heterocycles. The van der Waals surface area contributed by atoms with Gasteiger partial charge in [-0.05, 0) is 43.2 Å². The van der Waals surface area contributed by atoms with Crippen molar-refractivity contribution in [3.05, 3.63) is 72.2 Å². The van der Waals surface area contributed by atoms with Crippen LogP contribution in [-0.2, 0) is 6.54 Å². The SMILES string of the molecule is Cc1cnn(CCCNC(=O)c2cc(-c3ccco3)nc3ccccc23)c1. The Balaban J connectivity index is 1.52. The van der Waals surface area contributed by atoms with Gasteiger partial charge in [-0.3, -0.25) is 9.48 Å². The Labute approximate surface area is 156 Å². The molecule has 4 rings (SSSR count). The highest BCUT2D eigenvalue weighted by atomic mass is 16.3. The largest absolute Gasteiger partial charge is 0.463 e. The van der Waals surface area contributed by atoms with Crippen molar-refractivity contribution in [2.24, 2.45) is 0 Å². The normalized spacial score (nSPS) is 11.0. The van der Waals surface area contributed by atoms with Crippen molar-refractivity contribution in [2.45, 2.75) is 19.9 Å². The van der Waals surface area contributed by atoms with Crippen LogP contribution in [0.25, 0.3) is 22.4 Å². The molecule has 27 heavy (non-hydrogen) atoms. The lowest BCUT2D eigenvalue weighted by Crippen LogP contribution is -2.25. The third kappa shape index (κ3) is 3.74. The van der Waals surface area contributed by atoms with E-state index < -0.39 is 0 Å². The number of aryl methyl sites for hydroxylation is 2. The van der Waals surface area contributed by atoms with Gasteiger partial charge < -0.3 is 9.73 Å². The summed E-state index contributed by atoms with van der Waals surface area (Å²) in [5.41, 5.74) is 3.15. The summed E-state index contributed by atoms with van der Waals surface area (Å²) in [4.78, 5) is 17.4. The second kappa shape index (κ2) is 7.45. The summed E-state index contributed by atoms with van der Waals surface area (Å²) in [7, 11) is 0. The van der Waals surface area contributed by atoms with Crippen molar-refractivity contribution in [1.82, 2.24) is 20.1 Å². The molecule has 0 radical (unpaired) electrons. The fourth-order valence-electron chi connectivity index (χ4n) is 3.04. The van der Waals surface area contributed by atoms with E-state index in [2.05, 4.69) is 15.4 Å². The molecule has 1 amide bonds. The maximum atomic E-state index is 12.8. The molecule has 0 fully saturated rings. The molecule has 6 nitrogen and oxygen atoms in total. The Bertz CT molecular complexity index is 1070. The van der Waals surface area contributed by atoms with E-state index in [1.54, 1.807) is 12.3 Å². The molecule has 6 heteroatoms. The third-order valence-corrected chi connectivity index (χ3v) is 4.35. The van der Waals surface area contributed by atoms with Crippen LogP contribution >= 0.6 is 0 Å². The smallest absolute Gasteiger partial charge is 0.252 e. The van der Waals surface area contributed by atoms with Crippen LogP contribution in [0.2, 0.25) is 0 Å². The number of hydrogen-bond donors (Lipinski definition) is 1. The molecule has 136 valence electrons. The van der Waals surface area contributed by atoms with Crippen molar-refractivity contribution >= 4 is 16.8 Å². The van der Waals surface area contributed by atoms with Gasteiger partial charge >= 0.3 is 0 Å². The lowest BCUT2D eigenvalue weighted by Gasteiger charge is -2.10. The van der Waals surface area contributed by atoms with Crippen LogP contribution in [0.15, 0.2) is 65.5 Å². The molecule has 0 bridgehead atoms. The van der Waals surface area contributed by atoms with E-state index >= 15 is 0 Å². The topological polar surface area (TPSA) is 73.0 Å². The standard InChI is InChI=1S/C21H20N4O2/c1-15-13-23-25(14-15)10-5-9-22-21(26)17-12-19(20-8-4-11-27-20)24-18-7-3-2-6-16(17)18/h2-4,6-8,11-14H,5,9-10H2,1H3,(H,22,26). The molecule has 0 atom stereocenters. The number of furan rings is 1. The predicted octanol–water partition coefficient (Wildman–Crippen LogP) is 3.82. The molecule has 4 aromatic rings. The van der Waals surface area contributed by atoms with Crippen molar-refractivity contribution in [3.8, 4) is 11.5 Å². The predicted molar refractivity (Wildman–Crippen MR) is 103 cm³/mol. The van der Waals surface area contributed by atoms with Gasteiger partial charge in [-0.2, -0.15) is 5.10 Å². The van der Waals surface area contributed by atoms with Gasteiger partial charge in [-0.1, -0.05) is 18.2 Å². The monoisotopic (exact) mass is 360 g/mol. The number of para-hydroxylation sites is 1. The van der Waals surface area contributed by atoms with E-state index in [-0.39, 0.29) is 5.91 Å². The average Bonchev–Trinajstić information content (AvgIpc) is 3.36. The lowest BCUT2D eigenvalue weighted by molar-refractivity contribution is 0.0954. The zero-order valence-electron chi connectivity index (χ0n) is 15.1. The Morgan fingerprint density at radius 2 is 2.11 bits per heavy atom. The molecule has 0 aliphatic rings. The van der Waals surface area contributed by atoms with Crippen molar-refractivity contribution in [3.63, 3.8) is 0 Å². The fraction of sp³-hybridized carbons (Fsp3) is 0.190. The van der Waals surface area contributed by atoms with Crippen molar-refractivity contribution in [2.75, 3.05) is 6.54 Å². The minimum absolute atomic E-state index is 0.113. The van der Waals surface area contributed by atoms with Gasteiger partial charge in [-0.25, -0.2) is 4.98 Å². The number of carbonyl (C=O) groups excluding carboxylic acids is 1. The number of amides is 1. The number of aromatic nitrogens is 3. The summed E-state index contributed by atoms with van der Waals surface area (Å²) in [6, 6.07) is 13.1. The maximum absolute atomic E-state index is 12.8. The van der Waals surface area contributed by atoms with Crippen LogP contribution in [0.1, 0.15) is 22.3 Å². The zero-order chi connectivity index (χ0) is 18.6. The summed E-state index contributed by atoms with van der Waals surface area (Å²) in [5, 5.41) is 8.09. The summed E-state index contributed by atoms with van der Waals surface area (Å²) < 4.78 is 7.34. The summed E-state index contributed by atoms with van der Waals surface area (Å²) in [6.45, 7) is 3.35. The Hall–Kier alpha value is -3.41. The summed E-state index contributed by atoms with van der Waals surface area (Å²) >= 11 is 0. The van der Waals surface area contributed by atoms with E-state index in [1.807, 2.05) is 60.4 Å². The number of nitrogens with one attached hydrogen (secondary N) is 1. The summed E-state index contributed by atoms with van der Waals surface area (Å²) in [5.74, 6) is 0.530. The quantitative estimate of drug-likeness (QED) is 0.531. The molecule has 0 saturated carbocycles. The number of fused-ring (bicyclic) bond motifs is 1. The van der Waals surface area contributed by atoms with Gasteiger partial charge in [0.2, 0.25) is 0 Å². The van der Waals surface area contributed by atoms with E-state index in [1.165, 1.54) is 0 Å². The van der Waals surface area contributed by atoms with Gasteiger partial charge in [0, 0.05) is 24.7 Å². The first-order chi connectivity index (χ1) is 13.2. The van der Waals surface area contributed by atoms with Gasteiger partial charge in [0.1, 0.15) is 5.69 Å². The number of pyridine rings is 1. The first-order valence-electron chi connectivity index (χ1n) is 8.91. The number of nitrogens with zero attached hydrogens (tertiary/aromatic N) is 3. The lowest BCUT2D eigenvalue weighted by atomic mass is 10.1. The van der Waals surface area contributed by atoms with Gasteiger partial charge in [0.25, 0.3) is 5.91 Å². The average molecular weight is 360 g/mol. The molecule has 0 aliphatic heterocycles. The molecule has 0 unspecified atom stereocenters. The van der Waals surface area contributed by atoms with Crippen LogP contribution in [0.3, 0.4) is 0 Å². The Morgan fingerprint density at radius 3 is 2.89 bits per heavy atom. The highest BCUT2D eigenvalue weighted by molar-refractivity contribution is 6.07. The first-order valence-corrected chi connectivity index (χ1v) is 8.91. The van der Waals surface area contributed by atoms with Gasteiger partial charge in [0.05, 0.1) is 23.5 Å². The van der Waals surface area contributed by atoms with Crippen LogP contribution in [0, 0.1) is 6.92 Å². The minimum Gasteiger partial charge on any atom is -0.463 e.